The number of rotatable bonds is 7. The highest BCUT2D eigenvalue weighted by Crippen LogP contribution is 2.30. The molecule has 3 rings (SSSR count). The van der Waals surface area contributed by atoms with Gasteiger partial charge in [-0.1, -0.05) is 12.1 Å². The van der Waals surface area contributed by atoms with E-state index in [9.17, 15) is 40.1 Å². The fraction of sp³-hybridized carbons (Fsp3) is 0.684. The Labute approximate surface area is 177 Å². The molecule has 8 N–H and O–H groups in total. The Kier molecular flexibility index (Phi) is 7.94. The number of hydrogen-bond acceptors (Lipinski definition) is 11. The molecule has 2 heterocycles. The quantitative estimate of drug-likeness (QED) is 0.207. The summed E-state index contributed by atoms with van der Waals surface area (Å²) in [4.78, 5) is 0. The van der Waals surface area contributed by atoms with Crippen LogP contribution in [0.1, 0.15) is 5.56 Å². The zero-order valence-electron chi connectivity index (χ0n) is 16.5. The molecule has 9 unspecified atom stereocenters. The minimum absolute atomic E-state index is 0.222. The average molecular weight is 449 g/mol. The Morgan fingerprint density at radius 2 is 1.74 bits per heavy atom. The Morgan fingerprint density at radius 1 is 1.06 bits per heavy atom. The van der Waals surface area contributed by atoms with E-state index >= 15 is 0 Å². The lowest BCUT2D eigenvalue weighted by Gasteiger charge is -2.46. The normalized spacial score (nSPS) is 41.3. The first-order valence-electron chi connectivity index (χ1n) is 9.80. The summed E-state index contributed by atoms with van der Waals surface area (Å²) >= 11 is 0. The largest absolute Gasteiger partial charge is 0.394 e. The Bertz CT molecular complexity index is 709. The summed E-state index contributed by atoms with van der Waals surface area (Å²) in [6.45, 7) is -1.17. The molecule has 1 aromatic rings. The lowest BCUT2D eigenvalue weighted by atomic mass is 9.95. The first kappa shape index (κ1) is 24.4. The van der Waals surface area contributed by atoms with Crippen LogP contribution in [0, 0.1) is 5.82 Å². The molecule has 176 valence electrons. The van der Waals surface area contributed by atoms with Crippen molar-refractivity contribution in [3.63, 3.8) is 0 Å². The van der Waals surface area contributed by atoms with Crippen LogP contribution in [0.5, 0.6) is 0 Å². The van der Waals surface area contributed by atoms with Crippen molar-refractivity contribution >= 4 is 0 Å². The van der Waals surface area contributed by atoms with Gasteiger partial charge in [-0.15, -0.1) is 0 Å². The molecule has 0 saturated carbocycles. The first-order chi connectivity index (χ1) is 14.7. The fourth-order valence-electron chi connectivity index (χ4n) is 3.52. The number of halogens is 1. The molecule has 0 bridgehead atoms. The molecular formula is C19H28FNO10. The summed E-state index contributed by atoms with van der Waals surface area (Å²) in [6.07, 6.45) is -12.6. The molecule has 12 heteroatoms. The molecule has 2 fully saturated rings. The zero-order chi connectivity index (χ0) is 22.8. The Hall–Kier alpha value is -1.29. The molecule has 11 nitrogen and oxygen atoms in total. The smallest absolute Gasteiger partial charge is 0.207 e. The van der Waals surface area contributed by atoms with Gasteiger partial charge in [0.1, 0.15) is 48.5 Å². The third kappa shape index (κ3) is 5.38. The molecular weight excluding hydrogens is 421 g/mol. The van der Waals surface area contributed by atoms with E-state index in [-0.39, 0.29) is 13.1 Å². The number of ether oxygens (including phenoxy) is 3. The van der Waals surface area contributed by atoms with E-state index in [0.717, 1.165) is 0 Å². The summed E-state index contributed by atoms with van der Waals surface area (Å²) in [7, 11) is 0. The van der Waals surface area contributed by atoms with Crippen LogP contribution in [0.25, 0.3) is 0 Å². The van der Waals surface area contributed by atoms with Crippen LogP contribution in [0.4, 0.5) is 4.39 Å². The van der Waals surface area contributed by atoms with Gasteiger partial charge in [0.25, 0.3) is 0 Å². The van der Waals surface area contributed by atoms with E-state index < -0.39 is 73.8 Å². The molecule has 31 heavy (non-hydrogen) atoms. The van der Waals surface area contributed by atoms with E-state index in [0.29, 0.717) is 5.56 Å². The van der Waals surface area contributed by atoms with Crippen LogP contribution in [0.15, 0.2) is 24.3 Å². The van der Waals surface area contributed by atoms with Crippen molar-refractivity contribution in [3.05, 3.63) is 35.6 Å². The highest BCUT2D eigenvalue weighted by molar-refractivity contribution is 5.15. The van der Waals surface area contributed by atoms with E-state index in [1.807, 2.05) is 0 Å². The van der Waals surface area contributed by atoms with Crippen LogP contribution in [0.3, 0.4) is 0 Å². The van der Waals surface area contributed by atoms with Crippen LogP contribution in [0.2, 0.25) is 0 Å². The van der Waals surface area contributed by atoms with Gasteiger partial charge in [0.05, 0.1) is 19.8 Å². The van der Waals surface area contributed by atoms with E-state index in [1.165, 1.54) is 12.1 Å². The second-order valence-corrected chi connectivity index (χ2v) is 7.70. The van der Waals surface area contributed by atoms with Crippen molar-refractivity contribution in [1.82, 2.24) is 5.32 Å². The number of aliphatic hydroxyl groups is 7. The number of hydrogen-bond donors (Lipinski definition) is 8. The first-order valence-corrected chi connectivity index (χ1v) is 9.80. The van der Waals surface area contributed by atoms with Gasteiger partial charge in [0, 0.05) is 6.54 Å². The molecule has 0 spiro atoms. The summed E-state index contributed by atoms with van der Waals surface area (Å²) in [5.41, 5.74) is 0.712. The molecule has 0 aliphatic carbocycles. The summed E-state index contributed by atoms with van der Waals surface area (Å²) in [6, 6.07) is 5.63. The van der Waals surface area contributed by atoms with E-state index in [4.69, 9.17) is 14.2 Å². The summed E-state index contributed by atoms with van der Waals surface area (Å²) in [5.74, 6) is -2.58. The highest BCUT2D eigenvalue weighted by atomic mass is 19.1. The predicted molar refractivity (Wildman–Crippen MR) is 99.7 cm³/mol. The van der Waals surface area contributed by atoms with Crippen molar-refractivity contribution in [2.24, 2.45) is 0 Å². The SMILES string of the molecule is OCC1OC(OC2C(O)COC(O)(CNCc3ccc(F)cc3)C2O)C(O)C(O)C1O. The third-order valence-corrected chi connectivity index (χ3v) is 5.42. The molecule has 2 saturated heterocycles. The molecule has 0 amide bonds. The van der Waals surface area contributed by atoms with Gasteiger partial charge in [0.15, 0.2) is 6.29 Å². The maximum atomic E-state index is 13.0. The molecule has 0 aromatic heterocycles. The van der Waals surface area contributed by atoms with E-state index in [1.54, 1.807) is 12.1 Å². The van der Waals surface area contributed by atoms with Gasteiger partial charge in [0.2, 0.25) is 5.79 Å². The van der Waals surface area contributed by atoms with Gasteiger partial charge in [-0.2, -0.15) is 0 Å². The average Bonchev–Trinajstić information content (AvgIpc) is 2.75. The van der Waals surface area contributed by atoms with Crippen molar-refractivity contribution < 1.29 is 54.3 Å². The second kappa shape index (κ2) is 10.1. The van der Waals surface area contributed by atoms with Crippen molar-refractivity contribution in [2.45, 2.75) is 61.3 Å². The topological polar surface area (TPSA) is 181 Å². The van der Waals surface area contributed by atoms with Crippen LogP contribution in [-0.4, -0.2) is 110 Å². The van der Waals surface area contributed by atoms with Crippen LogP contribution in [-0.2, 0) is 20.8 Å². The maximum Gasteiger partial charge on any atom is 0.207 e. The van der Waals surface area contributed by atoms with Gasteiger partial charge >= 0.3 is 0 Å². The zero-order valence-corrected chi connectivity index (χ0v) is 16.5. The monoisotopic (exact) mass is 449 g/mol. The van der Waals surface area contributed by atoms with Gasteiger partial charge < -0.3 is 55.3 Å². The minimum Gasteiger partial charge on any atom is -0.394 e. The number of aliphatic hydroxyl groups excluding tert-OH is 6. The summed E-state index contributed by atoms with van der Waals surface area (Å²) < 4.78 is 28.8. The third-order valence-electron chi connectivity index (χ3n) is 5.42. The fourth-order valence-corrected chi connectivity index (χ4v) is 3.52. The molecule has 2 aliphatic heterocycles. The lowest BCUT2D eigenvalue weighted by Crippen LogP contribution is -2.67. The highest BCUT2D eigenvalue weighted by Gasteiger charge is 2.52. The molecule has 1 aromatic carbocycles. The Balaban J connectivity index is 1.63. The lowest BCUT2D eigenvalue weighted by molar-refractivity contribution is -0.367. The maximum absolute atomic E-state index is 13.0. The molecule has 2 aliphatic rings. The van der Waals surface area contributed by atoms with Gasteiger partial charge in [-0.25, -0.2) is 4.39 Å². The summed E-state index contributed by atoms with van der Waals surface area (Å²) in [5, 5.41) is 73.4. The predicted octanol–water partition coefficient (Wildman–Crippen LogP) is -3.46. The van der Waals surface area contributed by atoms with Crippen molar-refractivity contribution in [1.29, 1.82) is 0 Å². The standard InChI is InChI=1S/C19H28FNO10/c20-10-3-1-9(2-4-10)5-21-8-19(28)17(27)16(11(23)7-29-19)31-18-15(26)14(25)13(24)12(6-22)30-18/h1-4,11-18,21-28H,5-8H2. The second-order valence-electron chi connectivity index (χ2n) is 7.70. The number of nitrogens with one attached hydrogen (secondary N) is 1. The van der Waals surface area contributed by atoms with Crippen molar-refractivity contribution in [3.8, 4) is 0 Å². The minimum atomic E-state index is -2.18. The number of benzene rings is 1. The van der Waals surface area contributed by atoms with Crippen LogP contribution < -0.4 is 5.32 Å². The van der Waals surface area contributed by atoms with Crippen LogP contribution >= 0.6 is 0 Å². The molecule has 9 atom stereocenters. The van der Waals surface area contributed by atoms with Crippen molar-refractivity contribution in [2.75, 3.05) is 19.8 Å². The van der Waals surface area contributed by atoms with Gasteiger partial charge in [-0.3, -0.25) is 0 Å². The Morgan fingerprint density at radius 3 is 2.39 bits per heavy atom. The molecule has 0 radical (unpaired) electrons. The van der Waals surface area contributed by atoms with Gasteiger partial charge in [-0.05, 0) is 17.7 Å². The van der Waals surface area contributed by atoms with E-state index in [2.05, 4.69) is 5.32 Å².